The molecule has 0 aromatic rings. The molecule has 2 N–H and O–H groups in total. The van der Waals surface area contributed by atoms with E-state index in [0.717, 1.165) is 45.6 Å². The Morgan fingerprint density at radius 2 is 2.19 bits per heavy atom. The van der Waals surface area contributed by atoms with Crippen molar-refractivity contribution in [1.82, 2.24) is 10.6 Å². The van der Waals surface area contributed by atoms with Crippen LogP contribution < -0.4 is 10.6 Å². The fourth-order valence-corrected chi connectivity index (χ4v) is 2.49. The molecule has 2 heterocycles. The summed E-state index contributed by atoms with van der Waals surface area (Å²) in [6.07, 6.45) is 3.76. The van der Waals surface area contributed by atoms with Crippen LogP contribution in [0.3, 0.4) is 0 Å². The van der Waals surface area contributed by atoms with Crippen molar-refractivity contribution in [2.75, 3.05) is 33.4 Å². The van der Waals surface area contributed by atoms with Gasteiger partial charge in [-0.1, -0.05) is 0 Å². The first-order valence-corrected chi connectivity index (χ1v) is 6.31. The van der Waals surface area contributed by atoms with E-state index >= 15 is 0 Å². The van der Waals surface area contributed by atoms with Crippen molar-refractivity contribution >= 4 is 0 Å². The van der Waals surface area contributed by atoms with Gasteiger partial charge in [-0.25, -0.2) is 0 Å². The zero-order valence-electron chi connectivity index (χ0n) is 10.4. The summed E-state index contributed by atoms with van der Waals surface area (Å²) in [5.41, 5.74) is 0.269. The zero-order chi connectivity index (χ0) is 11.4. The molecule has 0 aromatic heterocycles. The van der Waals surface area contributed by atoms with Crippen LogP contribution in [-0.4, -0.2) is 51.1 Å². The molecule has 0 bridgehead atoms. The molecule has 2 aliphatic rings. The average molecular weight is 228 g/mol. The largest absolute Gasteiger partial charge is 0.381 e. The highest BCUT2D eigenvalue weighted by Crippen LogP contribution is 2.20. The average Bonchev–Trinajstić information content (AvgIpc) is 2.75. The van der Waals surface area contributed by atoms with E-state index in [9.17, 15) is 0 Å². The summed E-state index contributed by atoms with van der Waals surface area (Å²) in [4.78, 5) is 0. The first-order chi connectivity index (χ1) is 7.72. The lowest BCUT2D eigenvalue weighted by atomic mass is 9.92. The second kappa shape index (κ2) is 5.45. The highest BCUT2D eigenvalue weighted by atomic mass is 16.5. The highest BCUT2D eigenvalue weighted by molar-refractivity contribution is 4.90. The van der Waals surface area contributed by atoms with Gasteiger partial charge >= 0.3 is 0 Å². The molecule has 2 unspecified atom stereocenters. The van der Waals surface area contributed by atoms with E-state index in [1.54, 1.807) is 7.11 Å². The van der Waals surface area contributed by atoms with Gasteiger partial charge in [0.05, 0.1) is 6.10 Å². The number of methoxy groups -OCH3 is 1. The fraction of sp³-hybridized carbons (Fsp3) is 1.00. The molecule has 94 valence electrons. The molecule has 0 radical (unpaired) electrons. The maximum absolute atomic E-state index is 5.40. The molecule has 0 spiro atoms. The monoisotopic (exact) mass is 228 g/mol. The number of nitrogens with one attached hydrogen (secondary N) is 2. The van der Waals surface area contributed by atoms with Crippen molar-refractivity contribution in [3.8, 4) is 0 Å². The molecule has 2 aliphatic heterocycles. The lowest BCUT2D eigenvalue weighted by Crippen LogP contribution is -2.50. The van der Waals surface area contributed by atoms with Gasteiger partial charge in [-0.2, -0.15) is 0 Å². The summed E-state index contributed by atoms with van der Waals surface area (Å²) in [5.74, 6) is 0. The van der Waals surface area contributed by atoms with E-state index < -0.39 is 0 Å². The predicted molar refractivity (Wildman–Crippen MR) is 63.7 cm³/mol. The molecule has 4 nitrogen and oxygen atoms in total. The van der Waals surface area contributed by atoms with Gasteiger partial charge in [-0.05, 0) is 26.2 Å². The second-order valence-corrected chi connectivity index (χ2v) is 5.25. The fourth-order valence-electron chi connectivity index (χ4n) is 2.49. The van der Waals surface area contributed by atoms with Crippen LogP contribution in [0.5, 0.6) is 0 Å². The molecule has 4 heteroatoms. The Labute approximate surface area is 98.1 Å². The van der Waals surface area contributed by atoms with E-state index in [4.69, 9.17) is 9.47 Å². The Morgan fingerprint density at radius 1 is 1.44 bits per heavy atom. The third-order valence-electron chi connectivity index (χ3n) is 3.89. The summed E-state index contributed by atoms with van der Waals surface area (Å²) in [5, 5.41) is 7.18. The summed E-state index contributed by atoms with van der Waals surface area (Å²) in [6.45, 7) is 6.11. The molecule has 0 aromatic carbocycles. The maximum Gasteiger partial charge on any atom is 0.0711 e. The molecule has 2 atom stereocenters. The normalized spacial score (nSPS) is 34.1. The van der Waals surface area contributed by atoms with E-state index in [0.29, 0.717) is 12.1 Å². The minimum Gasteiger partial charge on any atom is -0.381 e. The van der Waals surface area contributed by atoms with Crippen molar-refractivity contribution < 1.29 is 9.47 Å². The molecule has 2 saturated heterocycles. The summed E-state index contributed by atoms with van der Waals surface area (Å²) in [6, 6.07) is 0.560. The predicted octanol–water partition coefficient (Wildman–Crippen LogP) is 0.522. The first-order valence-electron chi connectivity index (χ1n) is 6.31. The second-order valence-electron chi connectivity index (χ2n) is 5.25. The third kappa shape index (κ3) is 3.17. The molecule has 16 heavy (non-hydrogen) atoms. The van der Waals surface area contributed by atoms with Crippen LogP contribution in [0.4, 0.5) is 0 Å². The summed E-state index contributed by atoms with van der Waals surface area (Å²) >= 11 is 0. The topological polar surface area (TPSA) is 42.5 Å². The Balaban J connectivity index is 1.70. The van der Waals surface area contributed by atoms with Crippen molar-refractivity contribution in [3.63, 3.8) is 0 Å². The van der Waals surface area contributed by atoms with Crippen LogP contribution in [-0.2, 0) is 9.47 Å². The van der Waals surface area contributed by atoms with Crippen molar-refractivity contribution in [2.45, 2.75) is 43.9 Å². The maximum atomic E-state index is 5.40. The van der Waals surface area contributed by atoms with E-state index in [2.05, 4.69) is 17.6 Å². The lowest BCUT2D eigenvalue weighted by molar-refractivity contribution is 0.0443. The molecule has 2 fully saturated rings. The number of hydrogen-bond donors (Lipinski definition) is 2. The van der Waals surface area contributed by atoms with Gasteiger partial charge in [0.25, 0.3) is 0 Å². The minimum absolute atomic E-state index is 0.269. The number of hydrogen-bond acceptors (Lipinski definition) is 4. The van der Waals surface area contributed by atoms with Gasteiger partial charge in [-0.3, -0.25) is 0 Å². The van der Waals surface area contributed by atoms with Crippen LogP contribution in [0.15, 0.2) is 0 Å². The molecule has 0 amide bonds. The van der Waals surface area contributed by atoms with E-state index in [1.807, 2.05) is 0 Å². The Kier molecular flexibility index (Phi) is 4.19. The van der Waals surface area contributed by atoms with Crippen LogP contribution in [0.1, 0.15) is 26.2 Å². The molecule has 0 aliphatic carbocycles. The first kappa shape index (κ1) is 12.3. The quantitative estimate of drug-likeness (QED) is 0.736. The van der Waals surface area contributed by atoms with Crippen molar-refractivity contribution in [2.24, 2.45) is 0 Å². The van der Waals surface area contributed by atoms with Crippen LogP contribution in [0.25, 0.3) is 0 Å². The Morgan fingerprint density at radius 3 is 2.81 bits per heavy atom. The minimum atomic E-state index is 0.269. The molecular formula is C12H24N2O2. The lowest BCUT2D eigenvalue weighted by Gasteiger charge is -2.35. The van der Waals surface area contributed by atoms with Gasteiger partial charge in [0, 0.05) is 45.0 Å². The molecular weight excluding hydrogens is 204 g/mol. The van der Waals surface area contributed by atoms with Crippen LogP contribution >= 0.6 is 0 Å². The van der Waals surface area contributed by atoms with Gasteiger partial charge in [0.15, 0.2) is 0 Å². The zero-order valence-corrected chi connectivity index (χ0v) is 10.4. The van der Waals surface area contributed by atoms with Crippen molar-refractivity contribution in [3.05, 3.63) is 0 Å². The standard InChI is InChI=1S/C12H24N2O2/c1-12(3-5-16-6-4-12)14-8-10-7-11(15-2)9-13-10/h10-11,13-14H,3-9H2,1-2H3. The smallest absolute Gasteiger partial charge is 0.0711 e. The van der Waals surface area contributed by atoms with Gasteiger partial charge in [-0.15, -0.1) is 0 Å². The Bertz CT molecular complexity index is 217. The van der Waals surface area contributed by atoms with Crippen molar-refractivity contribution in [1.29, 1.82) is 0 Å². The number of rotatable bonds is 4. The molecule has 0 saturated carbocycles. The SMILES string of the molecule is COC1CNC(CNC2(C)CCOCC2)C1. The summed E-state index contributed by atoms with van der Waals surface area (Å²) < 4.78 is 10.7. The van der Waals surface area contributed by atoms with Crippen LogP contribution in [0.2, 0.25) is 0 Å². The van der Waals surface area contributed by atoms with Crippen LogP contribution in [0, 0.1) is 0 Å². The summed E-state index contributed by atoms with van der Waals surface area (Å²) in [7, 11) is 1.79. The van der Waals surface area contributed by atoms with Gasteiger partial charge < -0.3 is 20.1 Å². The van der Waals surface area contributed by atoms with Gasteiger partial charge in [0.2, 0.25) is 0 Å². The number of ether oxygens (including phenoxy) is 2. The highest BCUT2D eigenvalue weighted by Gasteiger charge is 2.29. The van der Waals surface area contributed by atoms with E-state index in [1.165, 1.54) is 0 Å². The van der Waals surface area contributed by atoms with Gasteiger partial charge in [0.1, 0.15) is 0 Å². The third-order valence-corrected chi connectivity index (χ3v) is 3.89. The Hall–Kier alpha value is -0.160. The van der Waals surface area contributed by atoms with E-state index in [-0.39, 0.29) is 5.54 Å². The molecule has 2 rings (SSSR count).